The van der Waals surface area contributed by atoms with Gasteiger partial charge in [0, 0.05) is 24.4 Å². The summed E-state index contributed by atoms with van der Waals surface area (Å²) in [6, 6.07) is 3.10. The molecule has 156 valence electrons. The van der Waals surface area contributed by atoms with Gasteiger partial charge in [-0.25, -0.2) is 14.4 Å². The van der Waals surface area contributed by atoms with Gasteiger partial charge < -0.3 is 15.4 Å². The van der Waals surface area contributed by atoms with Gasteiger partial charge in [0.2, 0.25) is 5.91 Å². The maximum absolute atomic E-state index is 14.0. The summed E-state index contributed by atoms with van der Waals surface area (Å²) in [5.74, 6) is -2.53. The first kappa shape index (κ1) is 22.1. The van der Waals surface area contributed by atoms with Crippen molar-refractivity contribution in [3.63, 3.8) is 0 Å². The van der Waals surface area contributed by atoms with Gasteiger partial charge in [-0.3, -0.25) is 9.59 Å². The van der Waals surface area contributed by atoms with Crippen LogP contribution in [0.5, 0.6) is 5.88 Å². The first-order valence-electron chi connectivity index (χ1n) is 8.36. The Kier molecular flexibility index (Phi) is 6.72. The van der Waals surface area contributed by atoms with E-state index in [9.17, 15) is 27.2 Å². The van der Waals surface area contributed by atoms with Crippen molar-refractivity contribution >= 4 is 17.6 Å². The van der Waals surface area contributed by atoms with E-state index in [2.05, 4.69) is 25.3 Å². The molecule has 2 rings (SSSR count). The van der Waals surface area contributed by atoms with E-state index < -0.39 is 36.4 Å². The lowest BCUT2D eigenvalue weighted by Gasteiger charge is -2.16. The van der Waals surface area contributed by atoms with Crippen molar-refractivity contribution in [3.05, 3.63) is 47.0 Å². The third-order valence-electron chi connectivity index (χ3n) is 3.57. The Hall–Kier alpha value is -3.24. The van der Waals surface area contributed by atoms with Crippen LogP contribution in [0.15, 0.2) is 24.4 Å². The SMILES string of the molecule is CC(=O)Nc1cc(C(=O)NC(C)c2cnc(OCC(F)(F)F)c(F)c2)cc(C)n1. The van der Waals surface area contributed by atoms with Crippen molar-refractivity contribution in [2.75, 3.05) is 11.9 Å². The van der Waals surface area contributed by atoms with Crippen LogP contribution in [-0.4, -0.2) is 34.6 Å². The zero-order valence-corrected chi connectivity index (χ0v) is 15.7. The number of nitrogens with zero attached hydrogens (tertiary/aromatic N) is 2. The van der Waals surface area contributed by atoms with Crippen molar-refractivity contribution < 1.29 is 31.9 Å². The molecule has 2 aromatic heterocycles. The number of nitrogens with one attached hydrogen (secondary N) is 2. The van der Waals surface area contributed by atoms with Gasteiger partial charge in [0.1, 0.15) is 5.82 Å². The Labute approximate surface area is 163 Å². The summed E-state index contributed by atoms with van der Waals surface area (Å²) in [4.78, 5) is 31.3. The number of aromatic nitrogens is 2. The fourth-order valence-electron chi connectivity index (χ4n) is 2.34. The lowest BCUT2D eigenvalue weighted by Crippen LogP contribution is -2.27. The Morgan fingerprint density at radius 1 is 1.24 bits per heavy atom. The molecule has 0 radical (unpaired) electrons. The highest BCUT2D eigenvalue weighted by atomic mass is 19.4. The van der Waals surface area contributed by atoms with Crippen LogP contribution in [0.1, 0.15) is 41.5 Å². The third kappa shape index (κ3) is 6.70. The Morgan fingerprint density at radius 2 is 1.93 bits per heavy atom. The van der Waals surface area contributed by atoms with Crippen molar-refractivity contribution in [2.45, 2.75) is 33.0 Å². The molecule has 0 aliphatic rings. The number of pyridine rings is 2. The van der Waals surface area contributed by atoms with Gasteiger partial charge in [0.25, 0.3) is 11.8 Å². The van der Waals surface area contributed by atoms with Gasteiger partial charge >= 0.3 is 6.18 Å². The van der Waals surface area contributed by atoms with Crippen molar-refractivity contribution in [2.24, 2.45) is 0 Å². The number of carbonyl (C=O) groups is 2. The van der Waals surface area contributed by atoms with Crippen LogP contribution < -0.4 is 15.4 Å². The standard InChI is InChI=1S/C18H18F4N4O3/c1-9-4-12(6-15(24-9)26-11(3)27)16(28)25-10(2)13-5-14(19)17(23-7-13)29-8-18(20,21)22/h4-7,10H,8H2,1-3H3,(H,25,28)(H,24,26,27). The zero-order chi connectivity index (χ0) is 21.8. The first-order chi connectivity index (χ1) is 13.4. The second kappa shape index (κ2) is 8.84. The molecule has 2 aromatic rings. The van der Waals surface area contributed by atoms with Gasteiger partial charge in [-0.2, -0.15) is 13.2 Å². The molecule has 0 fully saturated rings. The lowest BCUT2D eigenvalue weighted by atomic mass is 10.1. The van der Waals surface area contributed by atoms with E-state index in [1.165, 1.54) is 19.1 Å². The molecule has 2 heterocycles. The van der Waals surface area contributed by atoms with Crippen LogP contribution in [-0.2, 0) is 4.79 Å². The normalized spacial score (nSPS) is 12.2. The van der Waals surface area contributed by atoms with Crippen LogP contribution >= 0.6 is 0 Å². The van der Waals surface area contributed by atoms with E-state index in [0.717, 1.165) is 12.3 Å². The highest BCUT2D eigenvalue weighted by Gasteiger charge is 2.29. The maximum atomic E-state index is 14.0. The minimum Gasteiger partial charge on any atom is -0.466 e. The number of hydrogen-bond donors (Lipinski definition) is 2. The van der Waals surface area contributed by atoms with Gasteiger partial charge in [-0.1, -0.05) is 0 Å². The highest BCUT2D eigenvalue weighted by Crippen LogP contribution is 2.22. The van der Waals surface area contributed by atoms with E-state index in [4.69, 9.17) is 0 Å². The molecular formula is C18H18F4N4O3. The average molecular weight is 414 g/mol. The molecule has 29 heavy (non-hydrogen) atoms. The third-order valence-corrected chi connectivity index (χ3v) is 3.57. The van der Waals surface area contributed by atoms with E-state index in [1.807, 2.05) is 0 Å². The number of amides is 2. The average Bonchev–Trinajstić information content (AvgIpc) is 2.58. The van der Waals surface area contributed by atoms with E-state index in [0.29, 0.717) is 5.69 Å². The van der Waals surface area contributed by atoms with E-state index >= 15 is 0 Å². The van der Waals surface area contributed by atoms with E-state index in [-0.39, 0.29) is 22.9 Å². The molecule has 1 atom stereocenters. The number of hydrogen-bond acceptors (Lipinski definition) is 5. The molecule has 0 bridgehead atoms. The second-order valence-corrected chi connectivity index (χ2v) is 6.22. The molecule has 0 aliphatic carbocycles. The van der Waals surface area contributed by atoms with Crippen molar-refractivity contribution in [1.82, 2.24) is 15.3 Å². The Morgan fingerprint density at radius 3 is 2.52 bits per heavy atom. The zero-order valence-electron chi connectivity index (χ0n) is 15.7. The summed E-state index contributed by atoms with van der Waals surface area (Å²) in [6.45, 7) is 2.83. The van der Waals surface area contributed by atoms with Crippen LogP contribution in [0.4, 0.5) is 23.4 Å². The largest absolute Gasteiger partial charge is 0.466 e. The summed E-state index contributed by atoms with van der Waals surface area (Å²) < 4.78 is 54.7. The van der Waals surface area contributed by atoms with Crippen LogP contribution in [0, 0.1) is 12.7 Å². The monoisotopic (exact) mass is 414 g/mol. The molecule has 7 nitrogen and oxygen atoms in total. The number of carbonyl (C=O) groups excluding carboxylic acids is 2. The van der Waals surface area contributed by atoms with Crippen molar-refractivity contribution in [3.8, 4) is 5.88 Å². The minimum atomic E-state index is -4.62. The lowest BCUT2D eigenvalue weighted by molar-refractivity contribution is -0.154. The molecule has 0 aromatic carbocycles. The van der Waals surface area contributed by atoms with E-state index in [1.54, 1.807) is 13.8 Å². The van der Waals surface area contributed by atoms with Crippen LogP contribution in [0.2, 0.25) is 0 Å². The number of rotatable bonds is 6. The Bertz CT molecular complexity index is 918. The van der Waals surface area contributed by atoms with Crippen LogP contribution in [0.25, 0.3) is 0 Å². The summed E-state index contributed by atoms with van der Waals surface area (Å²) in [7, 11) is 0. The van der Waals surface area contributed by atoms with Crippen LogP contribution in [0.3, 0.4) is 0 Å². The van der Waals surface area contributed by atoms with Gasteiger partial charge in [0.15, 0.2) is 12.4 Å². The maximum Gasteiger partial charge on any atom is 0.422 e. The molecular weight excluding hydrogens is 396 g/mol. The number of alkyl halides is 3. The summed E-state index contributed by atoms with van der Waals surface area (Å²) >= 11 is 0. The predicted molar refractivity (Wildman–Crippen MR) is 94.9 cm³/mol. The molecule has 1 unspecified atom stereocenters. The number of halogens is 4. The summed E-state index contributed by atoms with van der Waals surface area (Å²) in [6.07, 6.45) is -3.51. The Balaban J connectivity index is 2.10. The highest BCUT2D eigenvalue weighted by molar-refractivity contribution is 5.96. The molecule has 11 heteroatoms. The molecule has 0 saturated heterocycles. The molecule has 0 aliphatic heterocycles. The molecule has 2 N–H and O–H groups in total. The first-order valence-corrected chi connectivity index (χ1v) is 8.36. The molecule has 0 saturated carbocycles. The fourth-order valence-corrected chi connectivity index (χ4v) is 2.34. The topological polar surface area (TPSA) is 93.2 Å². The molecule has 0 spiro atoms. The van der Waals surface area contributed by atoms with Crippen molar-refractivity contribution in [1.29, 1.82) is 0 Å². The summed E-state index contributed by atoms with van der Waals surface area (Å²) in [5.41, 5.74) is 0.933. The van der Waals surface area contributed by atoms with Gasteiger partial charge in [-0.05, 0) is 37.6 Å². The molecule has 2 amide bonds. The fraction of sp³-hybridized carbons (Fsp3) is 0.333. The number of ether oxygens (including phenoxy) is 1. The quantitative estimate of drug-likeness (QED) is 0.708. The predicted octanol–water partition coefficient (Wildman–Crippen LogP) is 3.31. The summed E-state index contributed by atoms with van der Waals surface area (Å²) in [5, 5.41) is 5.09. The number of anilines is 1. The van der Waals surface area contributed by atoms with Gasteiger partial charge in [-0.15, -0.1) is 0 Å². The number of aryl methyl sites for hydroxylation is 1. The minimum absolute atomic E-state index is 0.203. The smallest absolute Gasteiger partial charge is 0.422 e. The van der Waals surface area contributed by atoms with Gasteiger partial charge in [0.05, 0.1) is 6.04 Å². The second-order valence-electron chi connectivity index (χ2n) is 6.22.